The summed E-state index contributed by atoms with van der Waals surface area (Å²) in [5, 5.41) is 8.64. The first kappa shape index (κ1) is 11.3. The summed E-state index contributed by atoms with van der Waals surface area (Å²) in [5.74, 6) is 1.09. The summed E-state index contributed by atoms with van der Waals surface area (Å²) in [6.07, 6.45) is 1.62. The Morgan fingerprint density at radius 2 is 2.38 bits per heavy atom. The minimum absolute atomic E-state index is 0.500. The Morgan fingerprint density at radius 1 is 1.56 bits per heavy atom. The van der Waals surface area contributed by atoms with Crippen molar-refractivity contribution < 1.29 is 0 Å². The highest BCUT2D eigenvalue weighted by molar-refractivity contribution is 7.99. The molecule has 1 aromatic carbocycles. The van der Waals surface area contributed by atoms with Crippen LogP contribution >= 0.6 is 11.8 Å². The minimum Gasteiger partial charge on any atom is -0.370 e. The van der Waals surface area contributed by atoms with Gasteiger partial charge in [-0.2, -0.15) is 5.26 Å². The predicted octanol–water partition coefficient (Wildman–Crippen LogP) is 3.21. The molecule has 0 saturated carbocycles. The molecule has 0 aromatic heterocycles. The average Bonchev–Trinajstić information content (AvgIpc) is 2.28. The zero-order valence-electron chi connectivity index (χ0n) is 9.73. The number of anilines is 1. The van der Waals surface area contributed by atoms with E-state index in [1.54, 1.807) is 0 Å². The second kappa shape index (κ2) is 4.80. The minimum atomic E-state index is 0.500. The SMILES string of the molecule is Cc1ccc2c(c1)SCC(CCC#N)N2C. The molecule has 16 heavy (non-hydrogen) atoms. The summed E-state index contributed by atoms with van der Waals surface area (Å²) in [4.78, 5) is 3.69. The highest BCUT2D eigenvalue weighted by atomic mass is 32.2. The number of aryl methyl sites for hydroxylation is 1. The molecule has 0 spiro atoms. The largest absolute Gasteiger partial charge is 0.370 e. The quantitative estimate of drug-likeness (QED) is 0.783. The first-order valence-electron chi connectivity index (χ1n) is 5.55. The van der Waals surface area contributed by atoms with Crippen molar-refractivity contribution in [3.63, 3.8) is 0 Å². The maximum atomic E-state index is 8.64. The molecular weight excluding hydrogens is 216 g/mol. The van der Waals surface area contributed by atoms with Gasteiger partial charge < -0.3 is 4.90 Å². The van der Waals surface area contributed by atoms with Crippen LogP contribution in [-0.4, -0.2) is 18.8 Å². The lowest BCUT2D eigenvalue weighted by molar-refractivity contribution is 0.636. The van der Waals surface area contributed by atoms with Crippen LogP contribution in [0.25, 0.3) is 0 Å². The molecule has 1 unspecified atom stereocenters. The summed E-state index contributed by atoms with van der Waals surface area (Å²) in [6.45, 7) is 2.13. The van der Waals surface area contributed by atoms with Crippen LogP contribution in [0.3, 0.4) is 0 Å². The lowest BCUT2D eigenvalue weighted by Gasteiger charge is -2.35. The van der Waals surface area contributed by atoms with Gasteiger partial charge in [0, 0.05) is 30.2 Å². The smallest absolute Gasteiger partial charge is 0.0622 e. The second-order valence-electron chi connectivity index (χ2n) is 4.24. The molecule has 0 saturated heterocycles. The Bertz CT molecular complexity index is 422. The van der Waals surface area contributed by atoms with E-state index in [1.807, 2.05) is 11.8 Å². The lowest BCUT2D eigenvalue weighted by Crippen LogP contribution is -2.36. The molecule has 3 heteroatoms. The van der Waals surface area contributed by atoms with Crippen molar-refractivity contribution >= 4 is 17.4 Å². The molecule has 0 aliphatic carbocycles. The third kappa shape index (κ3) is 2.17. The van der Waals surface area contributed by atoms with Crippen LogP contribution in [0.2, 0.25) is 0 Å². The van der Waals surface area contributed by atoms with Gasteiger partial charge in [0.05, 0.1) is 11.8 Å². The van der Waals surface area contributed by atoms with Crippen molar-refractivity contribution in [3.8, 4) is 6.07 Å². The van der Waals surface area contributed by atoms with Crippen LogP contribution in [0.15, 0.2) is 23.1 Å². The molecule has 84 valence electrons. The monoisotopic (exact) mass is 232 g/mol. The van der Waals surface area contributed by atoms with Gasteiger partial charge in [0.1, 0.15) is 0 Å². The van der Waals surface area contributed by atoms with Crippen molar-refractivity contribution in [2.75, 3.05) is 17.7 Å². The number of nitrogens with zero attached hydrogens (tertiary/aromatic N) is 2. The first-order chi connectivity index (χ1) is 7.72. The maximum Gasteiger partial charge on any atom is 0.0622 e. The molecule has 0 fully saturated rings. The molecule has 2 rings (SSSR count). The van der Waals surface area contributed by atoms with E-state index in [4.69, 9.17) is 5.26 Å². The predicted molar refractivity (Wildman–Crippen MR) is 68.9 cm³/mol. The molecule has 1 aromatic rings. The van der Waals surface area contributed by atoms with Crippen LogP contribution in [-0.2, 0) is 0 Å². The fourth-order valence-corrected chi connectivity index (χ4v) is 3.42. The Morgan fingerprint density at radius 3 is 3.12 bits per heavy atom. The Hall–Kier alpha value is -1.14. The van der Waals surface area contributed by atoms with Gasteiger partial charge in [-0.15, -0.1) is 11.8 Å². The van der Waals surface area contributed by atoms with Crippen LogP contribution in [0, 0.1) is 18.3 Å². The summed E-state index contributed by atoms with van der Waals surface area (Å²) in [6, 6.07) is 9.33. The molecule has 1 atom stereocenters. The van der Waals surface area contributed by atoms with Crippen LogP contribution < -0.4 is 4.90 Å². The van der Waals surface area contributed by atoms with Gasteiger partial charge in [0.25, 0.3) is 0 Å². The topological polar surface area (TPSA) is 27.0 Å². The van der Waals surface area contributed by atoms with Crippen LogP contribution in [0.1, 0.15) is 18.4 Å². The number of hydrogen-bond donors (Lipinski definition) is 0. The van der Waals surface area contributed by atoms with Gasteiger partial charge >= 0.3 is 0 Å². The number of fused-ring (bicyclic) bond motifs is 1. The Balaban J connectivity index is 2.19. The Labute approximate surface area is 101 Å². The first-order valence-corrected chi connectivity index (χ1v) is 6.54. The van der Waals surface area contributed by atoms with Gasteiger partial charge in [-0.05, 0) is 31.0 Å². The summed E-state index contributed by atoms with van der Waals surface area (Å²) < 4.78 is 0. The summed E-state index contributed by atoms with van der Waals surface area (Å²) in [7, 11) is 2.13. The maximum absolute atomic E-state index is 8.64. The van der Waals surface area contributed by atoms with Crippen molar-refractivity contribution in [3.05, 3.63) is 23.8 Å². The fraction of sp³-hybridized carbons (Fsp3) is 0.462. The number of hydrogen-bond acceptors (Lipinski definition) is 3. The van der Waals surface area contributed by atoms with E-state index >= 15 is 0 Å². The lowest BCUT2D eigenvalue weighted by atomic mass is 10.1. The summed E-state index contributed by atoms with van der Waals surface area (Å²) in [5.41, 5.74) is 2.62. The molecule has 1 heterocycles. The molecule has 1 aliphatic heterocycles. The number of benzene rings is 1. The van der Waals surface area contributed by atoms with Crippen LogP contribution in [0.5, 0.6) is 0 Å². The average molecular weight is 232 g/mol. The van der Waals surface area contributed by atoms with Crippen molar-refractivity contribution in [1.29, 1.82) is 5.26 Å². The van der Waals surface area contributed by atoms with Crippen molar-refractivity contribution in [2.24, 2.45) is 0 Å². The van der Waals surface area contributed by atoms with E-state index < -0.39 is 0 Å². The summed E-state index contributed by atoms with van der Waals surface area (Å²) >= 11 is 1.91. The molecule has 1 aliphatic rings. The Kier molecular flexibility index (Phi) is 3.40. The second-order valence-corrected chi connectivity index (χ2v) is 5.31. The third-order valence-electron chi connectivity index (χ3n) is 3.06. The van der Waals surface area contributed by atoms with E-state index in [0.717, 1.165) is 12.2 Å². The van der Waals surface area contributed by atoms with E-state index in [2.05, 4.69) is 43.1 Å². The van der Waals surface area contributed by atoms with E-state index in [-0.39, 0.29) is 0 Å². The van der Waals surface area contributed by atoms with Gasteiger partial charge in [0.15, 0.2) is 0 Å². The zero-order chi connectivity index (χ0) is 11.5. The molecule has 0 N–H and O–H groups in total. The zero-order valence-corrected chi connectivity index (χ0v) is 10.5. The van der Waals surface area contributed by atoms with E-state index in [1.165, 1.54) is 16.1 Å². The van der Waals surface area contributed by atoms with Crippen molar-refractivity contribution in [2.45, 2.75) is 30.7 Å². The van der Waals surface area contributed by atoms with Gasteiger partial charge in [-0.25, -0.2) is 0 Å². The standard InChI is InChI=1S/C13H16N2S/c1-10-5-6-12-13(8-10)16-9-11(15(12)2)4-3-7-14/h5-6,8,11H,3-4,9H2,1-2H3. The normalized spacial score (nSPS) is 19.1. The molecular formula is C13H16N2S. The molecule has 0 bridgehead atoms. The molecule has 0 radical (unpaired) electrons. The highest BCUT2D eigenvalue weighted by Crippen LogP contribution is 2.38. The van der Waals surface area contributed by atoms with Gasteiger partial charge in [-0.3, -0.25) is 0 Å². The van der Waals surface area contributed by atoms with Gasteiger partial charge in [-0.1, -0.05) is 6.07 Å². The van der Waals surface area contributed by atoms with E-state index in [0.29, 0.717) is 12.5 Å². The van der Waals surface area contributed by atoms with Gasteiger partial charge in [0.2, 0.25) is 0 Å². The number of nitriles is 1. The third-order valence-corrected chi connectivity index (χ3v) is 4.25. The van der Waals surface area contributed by atoms with Crippen LogP contribution in [0.4, 0.5) is 5.69 Å². The molecule has 0 amide bonds. The van der Waals surface area contributed by atoms with E-state index in [9.17, 15) is 0 Å². The number of thioether (sulfide) groups is 1. The highest BCUT2D eigenvalue weighted by Gasteiger charge is 2.23. The number of rotatable bonds is 2. The van der Waals surface area contributed by atoms with Crippen molar-refractivity contribution in [1.82, 2.24) is 0 Å². The molecule has 2 nitrogen and oxygen atoms in total. The fourth-order valence-electron chi connectivity index (χ4n) is 2.03.